The summed E-state index contributed by atoms with van der Waals surface area (Å²) in [6, 6.07) is 2.22. The molecule has 0 aliphatic rings. The van der Waals surface area contributed by atoms with Crippen molar-refractivity contribution in [2.75, 3.05) is 4.93 Å². The second kappa shape index (κ2) is 5.69. The van der Waals surface area contributed by atoms with E-state index in [1.807, 2.05) is 18.1 Å². The van der Waals surface area contributed by atoms with E-state index in [2.05, 4.69) is 61.3 Å². The molecule has 0 amide bonds. The quantitative estimate of drug-likeness (QED) is 0.520. The van der Waals surface area contributed by atoms with Crippen LogP contribution in [-0.4, -0.2) is 9.91 Å². The van der Waals surface area contributed by atoms with E-state index in [9.17, 15) is 0 Å². The van der Waals surface area contributed by atoms with Crippen LogP contribution in [0.3, 0.4) is 0 Å². The normalized spacial score (nSPS) is 10.5. The maximum atomic E-state index is 4.35. The molecule has 0 aliphatic heterocycles. The van der Waals surface area contributed by atoms with Gasteiger partial charge < -0.3 is 0 Å². The van der Waals surface area contributed by atoms with Gasteiger partial charge in [0.1, 0.15) is 0 Å². The summed E-state index contributed by atoms with van der Waals surface area (Å²) < 4.78 is 0. The summed E-state index contributed by atoms with van der Waals surface area (Å²) in [6.07, 6.45) is 1.97. The molecule has 0 spiro atoms. The standard InChI is InChI=1S/C11H17N.CH3I/c1-8-6-10(11(3,4)5)7-12-9(8)2;1-2/h6-7H,1-5H3;1H3. The highest BCUT2D eigenvalue weighted by molar-refractivity contribution is 14.1. The summed E-state index contributed by atoms with van der Waals surface area (Å²) in [7, 11) is 0. The van der Waals surface area contributed by atoms with Gasteiger partial charge in [-0.3, -0.25) is 4.98 Å². The average molecular weight is 305 g/mol. The Kier molecular flexibility index (Phi) is 5.64. The number of aromatic nitrogens is 1. The molecule has 0 saturated carbocycles. The fourth-order valence-electron chi connectivity index (χ4n) is 1.05. The van der Waals surface area contributed by atoms with Crippen molar-refractivity contribution >= 4 is 22.6 Å². The van der Waals surface area contributed by atoms with Gasteiger partial charge in [0.15, 0.2) is 0 Å². The van der Waals surface area contributed by atoms with Gasteiger partial charge in [0, 0.05) is 11.9 Å². The van der Waals surface area contributed by atoms with Crippen molar-refractivity contribution < 1.29 is 0 Å². The first kappa shape index (κ1) is 13.9. The van der Waals surface area contributed by atoms with Crippen molar-refractivity contribution in [3.8, 4) is 0 Å². The Morgan fingerprint density at radius 3 is 2.00 bits per heavy atom. The SMILES string of the molecule is CI.Cc1cc(C(C)(C)C)cnc1C. The lowest BCUT2D eigenvalue weighted by molar-refractivity contribution is 0.586. The number of pyridine rings is 1. The predicted octanol–water partition coefficient (Wildman–Crippen LogP) is 4.05. The van der Waals surface area contributed by atoms with E-state index in [4.69, 9.17) is 0 Å². The third-order valence-electron chi connectivity index (χ3n) is 2.21. The van der Waals surface area contributed by atoms with Gasteiger partial charge in [-0.05, 0) is 35.3 Å². The van der Waals surface area contributed by atoms with E-state index in [0.29, 0.717) is 0 Å². The third-order valence-corrected chi connectivity index (χ3v) is 2.21. The van der Waals surface area contributed by atoms with Gasteiger partial charge >= 0.3 is 0 Å². The van der Waals surface area contributed by atoms with Gasteiger partial charge in [-0.25, -0.2) is 0 Å². The molecule has 0 N–H and O–H groups in total. The molecule has 0 fully saturated rings. The third kappa shape index (κ3) is 3.95. The van der Waals surface area contributed by atoms with Crippen LogP contribution in [0.1, 0.15) is 37.6 Å². The molecule has 80 valence electrons. The summed E-state index contributed by atoms with van der Waals surface area (Å²) >= 11 is 2.15. The number of hydrogen-bond donors (Lipinski definition) is 0. The maximum Gasteiger partial charge on any atom is 0.0401 e. The molecule has 0 bridgehead atoms. The summed E-state index contributed by atoms with van der Waals surface area (Å²) in [5.74, 6) is 0. The molecule has 1 heterocycles. The molecule has 0 aliphatic carbocycles. The summed E-state index contributed by atoms with van der Waals surface area (Å²) in [6.45, 7) is 10.8. The minimum Gasteiger partial charge on any atom is -0.261 e. The Balaban J connectivity index is 0.000000791. The highest BCUT2D eigenvalue weighted by Crippen LogP contribution is 2.22. The molecule has 0 atom stereocenters. The van der Waals surface area contributed by atoms with Crippen LogP contribution in [0.4, 0.5) is 0 Å². The van der Waals surface area contributed by atoms with Crippen LogP contribution in [-0.2, 0) is 5.41 Å². The molecule has 14 heavy (non-hydrogen) atoms. The van der Waals surface area contributed by atoms with E-state index in [0.717, 1.165) is 5.69 Å². The Morgan fingerprint density at radius 1 is 1.14 bits per heavy atom. The van der Waals surface area contributed by atoms with Crippen LogP contribution in [0.5, 0.6) is 0 Å². The lowest BCUT2D eigenvalue weighted by Crippen LogP contribution is -2.12. The highest BCUT2D eigenvalue weighted by atomic mass is 127. The predicted molar refractivity (Wildman–Crippen MR) is 72.4 cm³/mol. The summed E-state index contributed by atoms with van der Waals surface area (Å²) in [5.41, 5.74) is 3.93. The Labute approximate surface area is 101 Å². The van der Waals surface area contributed by atoms with Gasteiger partial charge in [0.2, 0.25) is 0 Å². The molecular formula is C12H20IN. The highest BCUT2D eigenvalue weighted by Gasteiger charge is 2.14. The number of halogens is 1. The first-order chi connectivity index (χ1) is 6.41. The fourth-order valence-corrected chi connectivity index (χ4v) is 1.05. The molecule has 0 radical (unpaired) electrons. The molecule has 1 rings (SSSR count). The average Bonchev–Trinajstić information content (AvgIpc) is 2.11. The van der Waals surface area contributed by atoms with Gasteiger partial charge in [-0.1, -0.05) is 49.4 Å². The number of hydrogen-bond acceptors (Lipinski definition) is 1. The van der Waals surface area contributed by atoms with Crippen LogP contribution in [0, 0.1) is 13.8 Å². The molecule has 2 heteroatoms. The van der Waals surface area contributed by atoms with E-state index < -0.39 is 0 Å². The zero-order valence-corrected chi connectivity index (χ0v) is 12.1. The molecule has 0 saturated heterocycles. The lowest BCUT2D eigenvalue weighted by atomic mass is 9.87. The van der Waals surface area contributed by atoms with Crippen molar-refractivity contribution in [2.45, 2.75) is 40.0 Å². The number of alkyl halides is 1. The Bertz CT molecular complexity index is 287. The monoisotopic (exact) mass is 305 g/mol. The Hall–Kier alpha value is -0.120. The molecule has 1 nitrogen and oxygen atoms in total. The van der Waals surface area contributed by atoms with Gasteiger partial charge in [-0.15, -0.1) is 0 Å². The van der Waals surface area contributed by atoms with Gasteiger partial charge in [-0.2, -0.15) is 0 Å². The number of rotatable bonds is 0. The molecule has 0 unspecified atom stereocenters. The van der Waals surface area contributed by atoms with E-state index >= 15 is 0 Å². The van der Waals surface area contributed by atoms with Crippen LogP contribution in [0.2, 0.25) is 0 Å². The van der Waals surface area contributed by atoms with E-state index in [-0.39, 0.29) is 5.41 Å². The van der Waals surface area contributed by atoms with Crippen molar-refractivity contribution in [3.05, 3.63) is 29.1 Å². The zero-order chi connectivity index (χ0) is 11.4. The van der Waals surface area contributed by atoms with Crippen molar-refractivity contribution in [2.24, 2.45) is 0 Å². The molecular weight excluding hydrogens is 285 g/mol. The van der Waals surface area contributed by atoms with Crippen molar-refractivity contribution in [1.29, 1.82) is 0 Å². The largest absolute Gasteiger partial charge is 0.261 e. The fraction of sp³-hybridized carbons (Fsp3) is 0.583. The van der Waals surface area contributed by atoms with Crippen molar-refractivity contribution in [1.82, 2.24) is 4.98 Å². The second-order valence-corrected chi connectivity index (χ2v) is 4.38. The smallest absolute Gasteiger partial charge is 0.0401 e. The molecule has 1 aromatic heterocycles. The van der Waals surface area contributed by atoms with Crippen molar-refractivity contribution in [3.63, 3.8) is 0 Å². The van der Waals surface area contributed by atoms with Crippen LogP contribution in [0.15, 0.2) is 12.3 Å². The zero-order valence-electron chi connectivity index (χ0n) is 9.98. The lowest BCUT2D eigenvalue weighted by Gasteiger charge is -2.19. The van der Waals surface area contributed by atoms with Crippen LogP contribution in [0.25, 0.3) is 0 Å². The first-order valence-electron chi connectivity index (χ1n) is 4.73. The summed E-state index contributed by atoms with van der Waals surface area (Å²) in [4.78, 5) is 6.32. The van der Waals surface area contributed by atoms with Crippen LogP contribution >= 0.6 is 22.6 Å². The number of nitrogens with zero attached hydrogens (tertiary/aromatic N) is 1. The van der Waals surface area contributed by atoms with Gasteiger partial charge in [0.05, 0.1) is 0 Å². The van der Waals surface area contributed by atoms with E-state index in [1.54, 1.807) is 0 Å². The second-order valence-electron chi connectivity index (χ2n) is 4.38. The summed E-state index contributed by atoms with van der Waals surface area (Å²) in [5, 5.41) is 0. The van der Waals surface area contributed by atoms with Crippen LogP contribution < -0.4 is 0 Å². The first-order valence-corrected chi connectivity index (χ1v) is 6.88. The van der Waals surface area contributed by atoms with Gasteiger partial charge in [0.25, 0.3) is 0 Å². The maximum absolute atomic E-state index is 4.35. The molecule has 0 aromatic carbocycles. The molecule has 1 aromatic rings. The minimum atomic E-state index is 0.214. The minimum absolute atomic E-state index is 0.214. The Morgan fingerprint density at radius 2 is 1.64 bits per heavy atom. The topological polar surface area (TPSA) is 12.9 Å². The van der Waals surface area contributed by atoms with E-state index in [1.165, 1.54) is 11.1 Å². The number of aryl methyl sites for hydroxylation is 2.